The summed E-state index contributed by atoms with van der Waals surface area (Å²) in [5.74, 6) is 0.726. The molecule has 0 spiro atoms. The molecule has 0 bridgehead atoms. The molecule has 5 nitrogen and oxygen atoms in total. The van der Waals surface area contributed by atoms with Gasteiger partial charge < -0.3 is 16.0 Å². The zero-order valence-electron chi connectivity index (χ0n) is 18.1. The molecule has 1 amide bonds. The Hall–Kier alpha value is -2.73. The molecule has 0 saturated carbocycles. The first-order valence-corrected chi connectivity index (χ1v) is 11.1. The summed E-state index contributed by atoms with van der Waals surface area (Å²) in [6.45, 7) is 9.31. The number of aryl methyl sites for hydroxylation is 1. The number of thioether (sulfide) groups is 1. The fraction of sp³-hybridized carbons (Fsp3) is 0.333. The molecule has 0 aliphatic rings. The number of aliphatic imine (C=N–C) groups is 1. The highest BCUT2D eigenvalue weighted by atomic mass is 32.2. The number of nitrogens with zero attached hydrogens (tertiary/aromatic N) is 1. The van der Waals surface area contributed by atoms with Gasteiger partial charge in [-0.1, -0.05) is 36.9 Å². The second-order valence-corrected chi connectivity index (χ2v) is 8.37. The minimum absolute atomic E-state index is 0.0155. The highest BCUT2D eigenvalue weighted by molar-refractivity contribution is 8.00. The first-order valence-electron chi connectivity index (χ1n) is 10.2. The number of rotatable bonds is 12. The number of nitrogens with one attached hydrogen (secondary N) is 3. The lowest BCUT2D eigenvalue weighted by molar-refractivity contribution is 0.0955. The fourth-order valence-corrected chi connectivity index (χ4v) is 4.36. The highest BCUT2D eigenvalue weighted by Gasteiger charge is 2.14. The molecular weight excluding hydrogens is 392 g/mol. The number of hydrogen-bond acceptors (Lipinski definition) is 4. The Bertz CT molecular complexity index is 852. The van der Waals surface area contributed by atoms with Crippen molar-refractivity contribution in [2.45, 2.75) is 36.8 Å². The van der Waals surface area contributed by atoms with Crippen LogP contribution in [0.1, 0.15) is 34.8 Å². The van der Waals surface area contributed by atoms with Crippen LogP contribution in [0.25, 0.3) is 0 Å². The van der Waals surface area contributed by atoms with Crippen molar-refractivity contribution in [1.82, 2.24) is 16.0 Å². The van der Waals surface area contributed by atoms with Crippen LogP contribution < -0.4 is 16.0 Å². The molecule has 1 atom stereocenters. The molecule has 160 valence electrons. The van der Waals surface area contributed by atoms with Crippen LogP contribution in [-0.4, -0.2) is 37.6 Å². The van der Waals surface area contributed by atoms with Crippen molar-refractivity contribution >= 4 is 24.0 Å². The average molecular weight is 425 g/mol. The Kier molecular flexibility index (Phi) is 10.0. The van der Waals surface area contributed by atoms with E-state index in [1.165, 1.54) is 10.5 Å². The van der Waals surface area contributed by atoms with Crippen molar-refractivity contribution in [3.05, 3.63) is 77.6 Å². The van der Waals surface area contributed by atoms with Gasteiger partial charge in [-0.05, 0) is 56.0 Å². The van der Waals surface area contributed by atoms with Crippen molar-refractivity contribution in [3.8, 4) is 0 Å². The lowest BCUT2D eigenvalue weighted by Crippen LogP contribution is -2.27. The Morgan fingerprint density at radius 1 is 1.20 bits per heavy atom. The first kappa shape index (κ1) is 23.5. The Morgan fingerprint density at radius 3 is 2.63 bits per heavy atom. The van der Waals surface area contributed by atoms with Gasteiger partial charge >= 0.3 is 0 Å². The summed E-state index contributed by atoms with van der Waals surface area (Å²) in [5, 5.41) is 9.57. The lowest BCUT2D eigenvalue weighted by atomic mass is 10.1. The number of carbonyl (C=O) groups excluding carboxylic acids is 1. The quantitative estimate of drug-likeness (QED) is 0.272. The van der Waals surface area contributed by atoms with E-state index in [1.54, 1.807) is 13.4 Å². The average Bonchev–Trinajstić information content (AvgIpc) is 2.73. The minimum Gasteiger partial charge on any atom is -0.372 e. The predicted octanol–water partition coefficient (Wildman–Crippen LogP) is 4.15. The molecule has 0 heterocycles. The van der Waals surface area contributed by atoms with Crippen LogP contribution in [0.2, 0.25) is 0 Å². The molecule has 0 aromatic heterocycles. The third kappa shape index (κ3) is 7.95. The van der Waals surface area contributed by atoms with E-state index in [1.807, 2.05) is 43.8 Å². The van der Waals surface area contributed by atoms with E-state index < -0.39 is 0 Å². The van der Waals surface area contributed by atoms with Crippen molar-refractivity contribution in [2.24, 2.45) is 4.99 Å². The van der Waals surface area contributed by atoms with Gasteiger partial charge in [0.25, 0.3) is 5.91 Å². The maximum Gasteiger partial charge on any atom is 0.251 e. The Morgan fingerprint density at radius 2 is 1.97 bits per heavy atom. The molecule has 2 aromatic rings. The first-order chi connectivity index (χ1) is 14.5. The zero-order chi connectivity index (χ0) is 21.8. The standard InChI is InChI=1S/C24H32N4OS/c1-5-26-24(29)23-12-11-21(15-18(23)2)30-22(16-20-9-7-6-8-10-20)13-14-27-19(3)28-17-25-4/h6-12,15,17,22,27H,3,5,13-14,16H2,1-2,4H3,(H,25,28)(H,26,29). The maximum atomic E-state index is 12.2. The van der Waals surface area contributed by atoms with E-state index in [2.05, 4.69) is 57.9 Å². The van der Waals surface area contributed by atoms with E-state index in [9.17, 15) is 4.79 Å². The van der Waals surface area contributed by atoms with Gasteiger partial charge in [0.15, 0.2) is 0 Å². The molecule has 0 aliphatic carbocycles. The second kappa shape index (κ2) is 12.8. The second-order valence-electron chi connectivity index (χ2n) is 6.99. The third-order valence-corrected chi connectivity index (χ3v) is 5.82. The van der Waals surface area contributed by atoms with Crippen molar-refractivity contribution < 1.29 is 4.79 Å². The molecule has 3 N–H and O–H groups in total. The predicted molar refractivity (Wildman–Crippen MR) is 128 cm³/mol. The summed E-state index contributed by atoms with van der Waals surface area (Å²) in [7, 11) is 1.71. The summed E-state index contributed by atoms with van der Waals surface area (Å²) >= 11 is 1.85. The molecule has 2 rings (SSSR count). The number of hydrogen-bond donors (Lipinski definition) is 3. The Balaban J connectivity index is 2.05. The van der Waals surface area contributed by atoms with Crippen LogP contribution in [0.15, 0.2) is 70.8 Å². The molecule has 0 aliphatic heterocycles. The van der Waals surface area contributed by atoms with E-state index >= 15 is 0 Å². The van der Waals surface area contributed by atoms with Gasteiger partial charge in [-0.25, -0.2) is 0 Å². The van der Waals surface area contributed by atoms with E-state index in [0.717, 1.165) is 36.3 Å². The zero-order valence-corrected chi connectivity index (χ0v) is 18.9. The molecule has 1 unspecified atom stereocenters. The van der Waals surface area contributed by atoms with E-state index in [-0.39, 0.29) is 5.91 Å². The Labute approximate surface area is 184 Å². The van der Waals surface area contributed by atoms with Gasteiger partial charge in [-0.2, -0.15) is 0 Å². The van der Waals surface area contributed by atoms with Crippen LogP contribution in [-0.2, 0) is 6.42 Å². The van der Waals surface area contributed by atoms with Gasteiger partial charge in [-0.3, -0.25) is 9.79 Å². The van der Waals surface area contributed by atoms with Gasteiger partial charge in [0, 0.05) is 35.8 Å². The largest absolute Gasteiger partial charge is 0.372 e. The van der Waals surface area contributed by atoms with Gasteiger partial charge in [0.1, 0.15) is 0 Å². The van der Waals surface area contributed by atoms with Crippen LogP contribution in [0.5, 0.6) is 0 Å². The number of carbonyl (C=O) groups is 1. The fourth-order valence-electron chi connectivity index (χ4n) is 3.07. The minimum atomic E-state index is -0.0155. The molecule has 0 saturated heterocycles. The van der Waals surface area contributed by atoms with Gasteiger partial charge in [-0.15, -0.1) is 11.8 Å². The van der Waals surface area contributed by atoms with Crippen molar-refractivity contribution in [1.29, 1.82) is 0 Å². The highest BCUT2D eigenvalue weighted by Crippen LogP contribution is 2.29. The topological polar surface area (TPSA) is 65.5 Å². The summed E-state index contributed by atoms with van der Waals surface area (Å²) in [5.41, 5.74) is 3.06. The maximum absolute atomic E-state index is 12.2. The monoisotopic (exact) mass is 424 g/mol. The summed E-state index contributed by atoms with van der Waals surface area (Å²) in [6.07, 6.45) is 3.56. The van der Waals surface area contributed by atoms with Gasteiger partial charge in [0.2, 0.25) is 0 Å². The molecule has 2 aromatic carbocycles. The summed E-state index contributed by atoms with van der Waals surface area (Å²) in [6, 6.07) is 16.6. The molecule has 6 heteroatoms. The molecule has 0 radical (unpaired) electrons. The van der Waals surface area contributed by atoms with Crippen molar-refractivity contribution in [3.63, 3.8) is 0 Å². The normalized spacial score (nSPS) is 11.8. The van der Waals surface area contributed by atoms with Crippen LogP contribution in [0.4, 0.5) is 0 Å². The number of amides is 1. The molecular formula is C24H32N4OS. The molecule has 30 heavy (non-hydrogen) atoms. The lowest BCUT2D eigenvalue weighted by Gasteiger charge is -2.19. The van der Waals surface area contributed by atoms with Crippen LogP contribution in [0.3, 0.4) is 0 Å². The smallest absolute Gasteiger partial charge is 0.251 e. The van der Waals surface area contributed by atoms with E-state index in [0.29, 0.717) is 11.8 Å². The van der Waals surface area contributed by atoms with Crippen LogP contribution >= 0.6 is 11.8 Å². The van der Waals surface area contributed by atoms with Crippen molar-refractivity contribution in [2.75, 3.05) is 20.1 Å². The number of benzene rings is 2. The SMILES string of the molecule is C=C(NC=NC)NCCC(Cc1ccccc1)Sc1ccc(C(=O)NCC)c(C)c1. The summed E-state index contributed by atoms with van der Waals surface area (Å²) < 4.78 is 0. The molecule has 0 fully saturated rings. The summed E-state index contributed by atoms with van der Waals surface area (Å²) in [4.78, 5) is 17.2. The van der Waals surface area contributed by atoms with E-state index in [4.69, 9.17) is 0 Å². The third-order valence-electron chi connectivity index (χ3n) is 4.56. The van der Waals surface area contributed by atoms with Gasteiger partial charge in [0.05, 0.1) is 12.2 Å². The van der Waals surface area contributed by atoms with Crippen LogP contribution in [0, 0.1) is 6.92 Å².